The molecule has 0 aliphatic rings. The summed E-state index contributed by atoms with van der Waals surface area (Å²) in [7, 11) is 3.26. The topological polar surface area (TPSA) is 105 Å². The van der Waals surface area contributed by atoms with Crippen LogP contribution >= 0.6 is 0 Å². The zero-order valence-corrected chi connectivity index (χ0v) is 12.4. The molecule has 0 aromatic carbocycles. The molecule has 0 saturated heterocycles. The van der Waals surface area contributed by atoms with Crippen LogP contribution in [0.25, 0.3) is 0 Å². The lowest BCUT2D eigenvalue weighted by Crippen LogP contribution is -2.15. The van der Waals surface area contributed by atoms with E-state index in [2.05, 4.69) is 10.6 Å². The average Bonchev–Trinajstić information content (AvgIpc) is 2.91. The van der Waals surface area contributed by atoms with Gasteiger partial charge in [-0.2, -0.15) is 0 Å². The first-order valence-electron chi connectivity index (χ1n) is 6.42. The van der Waals surface area contributed by atoms with Crippen LogP contribution in [0, 0.1) is 0 Å². The fourth-order valence-corrected chi connectivity index (χ4v) is 2.22. The van der Waals surface area contributed by atoms with Gasteiger partial charge in [0, 0.05) is 33.4 Å². The maximum absolute atomic E-state index is 12.3. The molecule has 0 fully saturated rings. The van der Waals surface area contributed by atoms with Gasteiger partial charge >= 0.3 is 0 Å². The lowest BCUT2D eigenvalue weighted by molar-refractivity contribution is -0.105. The van der Waals surface area contributed by atoms with E-state index in [1.54, 1.807) is 30.9 Å². The van der Waals surface area contributed by atoms with Crippen LogP contribution < -0.4 is 10.6 Å². The molecule has 0 bridgehead atoms. The molecule has 2 aromatic rings. The summed E-state index contributed by atoms with van der Waals surface area (Å²) < 4.78 is 2.99. The number of aromatic hydroxyl groups is 1. The van der Waals surface area contributed by atoms with Gasteiger partial charge in [-0.05, 0) is 6.07 Å². The van der Waals surface area contributed by atoms with E-state index in [9.17, 15) is 19.5 Å². The highest BCUT2D eigenvalue weighted by Gasteiger charge is 2.21. The third kappa shape index (κ3) is 2.71. The van der Waals surface area contributed by atoms with Gasteiger partial charge in [-0.25, -0.2) is 0 Å². The molecule has 0 unspecified atom stereocenters. The van der Waals surface area contributed by atoms with Gasteiger partial charge in [-0.3, -0.25) is 14.4 Å². The fraction of sp³-hybridized carbons (Fsp3) is 0.214. The van der Waals surface area contributed by atoms with Gasteiger partial charge in [0.2, 0.25) is 6.41 Å². The number of hydrogen-bond donors (Lipinski definition) is 3. The van der Waals surface area contributed by atoms with Crippen molar-refractivity contribution in [3.63, 3.8) is 0 Å². The van der Waals surface area contributed by atoms with Gasteiger partial charge in [-0.1, -0.05) is 0 Å². The Balaban J connectivity index is 2.28. The molecule has 2 aromatic heterocycles. The minimum atomic E-state index is -0.556. The van der Waals surface area contributed by atoms with Crippen molar-refractivity contribution in [1.82, 2.24) is 9.13 Å². The van der Waals surface area contributed by atoms with Crippen LogP contribution in [-0.4, -0.2) is 32.3 Å². The fourth-order valence-electron chi connectivity index (χ4n) is 2.22. The number of aromatic nitrogens is 2. The van der Waals surface area contributed by atoms with Crippen LogP contribution in [0.3, 0.4) is 0 Å². The SMILES string of the molecule is CC(=O)c1cc(NC(=O)c2c(O)c(NC=O)cn2C)cn1C. The molecule has 116 valence electrons. The van der Waals surface area contributed by atoms with Crippen LogP contribution in [0.4, 0.5) is 11.4 Å². The van der Waals surface area contributed by atoms with Crippen LogP contribution in [0.1, 0.15) is 27.9 Å². The predicted octanol–water partition coefficient (Wildman–Crippen LogP) is 1.09. The Morgan fingerprint density at radius 3 is 2.45 bits per heavy atom. The lowest BCUT2D eigenvalue weighted by Gasteiger charge is -2.04. The predicted molar refractivity (Wildman–Crippen MR) is 80.1 cm³/mol. The summed E-state index contributed by atoms with van der Waals surface area (Å²) in [6, 6.07) is 1.55. The number of hydrogen-bond acceptors (Lipinski definition) is 4. The minimum absolute atomic E-state index is 0.00224. The van der Waals surface area contributed by atoms with E-state index < -0.39 is 5.91 Å². The van der Waals surface area contributed by atoms with Gasteiger partial charge in [0.05, 0.1) is 11.4 Å². The molecule has 0 radical (unpaired) electrons. The second-order valence-corrected chi connectivity index (χ2v) is 4.85. The maximum atomic E-state index is 12.3. The quantitative estimate of drug-likeness (QED) is 0.568. The Morgan fingerprint density at radius 2 is 1.91 bits per heavy atom. The summed E-state index contributed by atoms with van der Waals surface area (Å²) >= 11 is 0. The third-order valence-corrected chi connectivity index (χ3v) is 3.21. The molecule has 0 saturated carbocycles. The van der Waals surface area contributed by atoms with Gasteiger partial charge in [-0.15, -0.1) is 0 Å². The number of rotatable bonds is 5. The van der Waals surface area contributed by atoms with Crippen molar-refractivity contribution in [2.75, 3.05) is 10.6 Å². The second kappa shape index (κ2) is 5.76. The molecule has 3 N–H and O–H groups in total. The second-order valence-electron chi connectivity index (χ2n) is 4.85. The van der Waals surface area contributed by atoms with Crippen molar-refractivity contribution < 1.29 is 19.5 Å². The van der Waals surface area contributed by atoms with E-state index in [0.29, 0.717) is 17.8 Å². The summed E-state index contributed by atoms with van der Waals surface area (Å²) in [6.07, 6.45) is 3.43. The molecule has 8 nitrogen and oxygen atoms in total. The first kappa shape index (κ1) is 15.4. The van der Waals surface area contributed by atoms with Gasteiger partial charge in [0.15, 0.2) is 17.2 Å². The van der Waals surface area contributed by atoms with E-state index in [0.717, 1.165) is 0 Å². The van der Waals surface area contributed by atoms with Crippen LogP contribution in [0.15, 0.2) is 18.5 Å². The van der Waals surface area contributed by atoms with Crippen molar-refractivity contribution >= 4 is 29.5 Å². The molecule has 8 heteroatoms. The Bertz CT molecular complexity index is 757. The number of Topliss-reactive ketones (excluding diaryl/α,β-unsaturated/α-hetero) is 1. The summed E-state index contributed by atoms with van der Waals surface area (Å²) in [6.45, 7) is 1.43. The zero-order chi connectivity index (χ0) is 16.4. The summed E-state index contributed by atoms with van der Waals surface area (Å²) in [4.78, 5) is 34.1. The van der Waals surface area contributed by atoms with E-state index in [1.165, 1.54) is 17.7 Å². The zero-order valence-electron chi connectivity index (χ0n) is 12.4. The molecule has 0 aliphatic carbocycles. The van der Waals surface area contributed by atoms with E-state index in [4.69, 9.17) is 0 Å². The van der Waals surface area contributed by atoms with Crippen LogP contribution in [-0.2, 0) is 18.9 Å². The molecule has 22 heavy (non-hydrogen) atoms. The highest BCUT2D eigenvalue weighted by Crippen LogP contribution is 2.29. The van der Waals surface area contributed by atoms with Gasteiger partial charge in [0.1, 0.15) is 5.69 Å². The standard InChI is InChI=1S/C14H16N4O4/c1-8(20)11-4-9(5-17(11)2)16-14(22)12-13(21)10(15-7-19)6-18(12)3/h4-7,21H,1-3H3,(H,15,19)(H,16,22). The molecule has 0 atom stereocenters. The number of carbonyl (C=O) groups excluding carboxylic acids is 3. The van der Waals surface area contributed by atoms with Crippen molar-refractivity contribution in [3.05, 3.63) is 29.8 Å². The molecule has 2 amide bonds. The first-order chi connectivity index (χ1) is 10.3. The Kier molecular flexibility index (Phi) is 4.02. The van der Waals surface area contributed by atoms with Crippen molar-refractivity contribution in [2.45, 2.75) is 6.92 Å². The maximum Gasteiger partial charge on any atom is 0.276 e. The highest BCUT2D eigenvalue weighted by molar-refractivity contribution is 6.07. The van der Waals surface area contributed by atoms with Crippen molar-refractivity contribution in [2.24, 2.45) is 14.1 Å². The van der Waals surface area contributed by atoms with Gasteiger partial charge < -0.3 is 24.9 Å². The summed E-state index contributed by atoms with van der Waals surface area (Å²) in [5.41, 5.74) is 1.02. The van der Waals surface area contributed by atoms with Crippen molar-refractivity contribution in [1.29, 1.82) is 0 Å². The van der Waals surface area contributed by atoms with Crippen LogP contribution in [0.5, 0.6) is 5.75 Å². The molecular formula is C14H16N4O4. The van der Waals surface area contributed by atoms with E-state index >= 15 is 0 Å². The smallest absolute Gasteiger partial charge is 0.276 e. The number of aryl methyl sites for hydroxylation is 2. The Morgan fingerprint density at radius 1 is 1.23 bits per heavy atom. The molecule has 0 spiro atoms. The number of amides is 2. The third-order valence-electron chi connectivity index (χ3n) is 3.21. The number of carbonyl (C=O) groups is 3. The first-order valence-corrected chi connectivity index (χ1v) is 6.42. The summed E-state index contributed by atoms with van der Waals surface area (Å²) in [5, 5.41) is 14.9. The molecule has 2 rings (SSSR count). The highest BCUT2D eigenvalue weighted by atomic mass is 16.3. The molecular weight excluding hydrogens is 288 g/mol. The van der Waals surface area contributed by atoms with Crippen LogP contribution in [0.2, 0.25) is 0 Å². The van der Waals surface area contributed by atoms with Gasteiger partial charge in [0.25, 0.3) is 5.91 Å². The molecule has 0 aliphatic heterocycles. The van der Waals surface area contributed by atoms with E-state index in [1.807, 2.05) is 0 Å². The lowest BCUT2D eigenvalue weighted by atomic mass is 10.3. The monoisotopic (exact) mass is 304 g/mol. The minimum Gasteiger partial charge on any atom is -0.504 e. The largest absolute Gasteiger partial charge is 0.504 e. The number of anilines is 2. The van der Waals surface area contributed by atoms with E-state index in [-0.39, 0.29) is 22.9 Å². The molecule has 2 heterocycles. The normalized spacial score (nSPS) is 10.3. The Labute approximate surface area is 126 Å². The summed E-state index contributed by atoms with van der Waals surface area (Å²) in [5.74, 6) is -1.00. The average molecular weight is 304 g/mol. The number of nitrogens with one attached hydrogen (secondary N) is 2. The van der Waals surface area contributed by atoms with Crippen molar-refractivity contribution in [3.8, 4) is 5.75 Å². The number of nitrogens with zero attached hydrogens (tertiary/aromatic N) is 2. The Hall–Kier alpha value is -3.03. The number of ketones is 1.